The van der Waals surface area contributed by atoms with Crippen molar-refractivity contribution in [3.05, 3.63) is 88.9 Å². The fourth-order valence-electron chi connectivity index (χ4n) is 2.98. The highest BCUT2D eigenvalue weighted by molar-refractivity contribution is 7.92. The van der Waals surface area contributed by atoms with E-state index in [0.29, 0.717) is 16.3 Å². The number of sulfonamides is 1. The number of halogens is 1. The largest absolute Gasteiger partial charge is 0.497 e. The molecule has 0 saturated carbocycles. The fourth-order valence-corrected chi connectivity index (χ4v) is 4.30. The monoisotopic (exact) mass is 458 g/mol. The van der Waals surface area contributed by atoms with E-state index < -0.39 is 10.0 Å². The van der Waals surface area contributed by atoms with Gasteiger partial charge < -0.3 is 10.1 Å². The quantitative estimate of drug-likeness (QED) is 0.558. The standard InChI is InChI=1S/C23H23ClN2O4S/c1-16(17-6-12-21(30-3)13-7-17)25-23(27)18-4-10-20(11-5-18)26(2)31(28,29)22-14-8-19(24)9-15-22/h4-16H,1-3H3,(H,25,27). The first-order valence-corrected chi connectivity index (χ1v) is 11.3. The van der Waals surface area contributed by atoms with Crippen LogP contribution in [0.15, 0.2) is 77.7 Å². The molecule has 162 valence electrons. The summed E-state index contributed by atoms with van der Waals surface area (Å²) in [5.74, 6) is 0.494. The van der Waals surface area contributed by atoms with E-state index in [-0.39, 0.29) is 16.8 Å². The van der Waals surface area contributed by atoms with Crippen LogP contribution >= 0.6 is 11.6 Å². The highest BCUT2D eigenvalue weighted by atomic mass is 35.5. The van der Waals surface area contributed by atoms with E-state index in [4.69, 9.17) is 16.3 Å². The molecule has 0 bridgehead atoms. The zero-order valence-corrected chi connectivity index (χ0v) is 18.9. The molecule has 0 aliphatic rings. The van der Waals surface area contributed by atoms with Crippen molar-refractivity contribution in [2.24, 2.45) is 0 Å². The maximum Gasteiger partial charge on any atom is 0.264 e. The van der Waals surface area contributed by atoms with Gasteiger partial charge in [-0.2, -0.15) is 0 Å². The number of nitrogens with zero attached hydrogens (tertiary/aromatic N) is 1. The molecule has 3 rings (SSSR count). The van der Waals surface area contributed by atoms with Crippen LogP contribution in [0.5, 0.6) is 5.75 Å². The van der Waals surface area contributed by atoms with E-state index in [2.05, 4.69) is 5.32 Å². The van der Waals surface area contributed by atoms with Gasteiger partial charge in [-0.05, 0) is 73.2 Å². The number of carbonyl (C=O) groups excluding carboxylic acids is 1. The third-order valence-electron chi connectivity index (χ3n) is 4.93. The number of nitrogens with one attached hydrogen (secondary N) is 1. The number of benzene rings is 3. The summed E-state index contributed by atoms with van der Waals surface area (Å²) in [6.45, 7) is 1.89. The van der Waals surface area contributed by atoms with Crippen molar-refractivity contribution in [1.82, 2.24) is 5.32 Å². The number of carbonyl (C=O) groups is 1. The van der Waals surface area contributed by atoms with Crippen LogP contribution in [-0.2, 0) is 10.0 Å². The minimum atomic E-state index is -3.74. The van der Waals surface area contributed by atoms with Crippen LogP contribution in [0, 0.1) is 0 Å². The van der Waals surface area contributed by atoms with Crippen LogP contribution in [0.1, 0.15) is 28.9 Å². The van der Waals surface area contributed by atoms with Gasteiger partial charge in [-0.1, -0.05) is 23.7 Å². The van der Waals surface area contributed by atoms with Gasteiger partial charge in [0.1, 0.15) is 5.75 Å². The third-order valence-corrected chi connectivity index (χ3v) is 6.98. The number of anilines is 1. The number of rotatable bonds is 7. The van der Waals surface area contributed by atoms with Gasteiger partial charge >= 0.3 is 0 Å². The second-order valence-corrected chi connectivity index (χ2v) is 9.35. The molecule has 1 amide bonds. The van der Waals surface area contributed by atoms with Crippen molar-refractivity contribution in [2.75, 3.05) is 18.5 Å². The number of amides is 1. The summed E-state index contributed by atoms with van der Waals surface area (Å²) in [6.07, 6.45) is 0. The Hall–Kier alpha value is -3.03. The molecule has 0 saturated heterocycles. The van der Waals surface area contributed by atoms with Crippen LogP contribution in [0.3, 0.4) is 0 Å². The van der Waals surface area contributed by atoms with Gasteiger partial charge in [-0.3, -0.25) is 9.10 Å². The average molecular weight is 459 g/mol. The van der Waals surface area contributed by atoms with Gasteiger partial charge in [0.15, 0.2) is 0 Å². The summed E-state index contributed by atoms with van der Waals surface area (Å²) < 4.78 is 31.9. The Morgan fingerprint density at radius 3 is 2.10 bits per heavy atom. The van der Waals surface area contributed by atoms with Crippen LogP contribution < -0.4 is 14.4 Å². The highest BCUT2D eigenvalue weighted by Gasteiger charge is 2.21. The van der Waals surface area contributed by atoms with Gasteiger partial charge in [-0.15, -0.1) is 0 Å². The summed E-state index contributed by atoms with van der Waals surface area (Å²) >= 11 is 5.84. The smallest absolute Gasteiger partial charge is 0.264 e. The molecule has 0 spiro atoms. The lowest BCUT2D eigenvalue weighted by Gasteiger charge is -2.20. The van der Waals surface area contributed by atoms with Crippen LogP contribution in [0.2, 0.25) is 5.02 Å². The van der Waals surface area contributed by atoms with Gasteiger partial charge in [0.25, 0.3) is 15.9 Å². The first kappa shape index (κ1) is 22.7. The Balaban J connectivity index is 1.71. The zero-order valence-electron chi connectivity index (χ0n) is 17.4. The van der Waals surface area contributed by atoms with E-state index in [9.17, 15) is 13.2 Å². The lowest BCUT2D eigenvalue weighted by Crippen LogP contribution is -2.28. The first-order valence-electron chi connectivity index (χ1n) is 9.52. The normalized spacial score (nSPS) is 12.1. The van der Waals surface area contributed by atoms with E-state index in [1.165, 1.54) is 31.3 Å². The molecule has 31 heavy (non-hydrogen) atoms. The maximum atomic E-state index is 12.8. The Bertz CT molecular complexity index is 1150. The molecule has 0 fully saturated rings. The van der Waals surface area contributed by atoms with Gasteiger partial charge in [0.2, 0.25) is 0 Å². The predicted molar refractivity (Wildman–Crippen MR) is 122 cm³/mol. The molecule has 0 aliphatic carbocycles. The maximum absolute atomic E-state index is 12.8. The number of methoxy groups -OCH3 is 1. The van der Waals surface area contributed by atoms with E-state index in [1.807, 2.05) is 31.2 Å². The lowest BCUT2D eigenvalue weighted by molar-refractivity contribution is 0.0940. The van der Waals surface area contributed by atoms with Crippen molar-refractivity contribution in [3.8, 4) is 5.75 Å². The molecule has 3 aromatic rings. The second-order valence-electron chi connectivity index (χ2n) is 6.94. The Kier molecular flexibility index (Phi) is 6.87. The molecule has 0 aromatic heterocycles. The molecular formula is C23H23ClN2O4S. The van der Waals surface area contributed by atoms with Crippen molar-refractivity contribution in [3.63, 3.8) is 0 Å². The fraction of sp³-hybridized carbons (Fsp3) is 0.174. The third kappa shape index (κ3) is 5.18. The number of ether oxygens (including phenoxy) is 1. The lowest BCUT2D eigenvalue weighted by atomic mass is 10.1. The van der Waals surface area contributed by atoms with Gasteiger partial charge in [-0.25, -0.2) is 8.42 Å². The molecule has 1 unspecified atom stereocenters. The van der Waals surface area contributed by atoms with Crippen LogP contribution in [0.4, 0.5) is 5.69 Å². The second kappa shape index (κ2) is 9.41. The Labute approximate surface area is 187 Å². The Morgan fingerprint density at radius 1 is 0.968 bits per heavy atom. The minimum absolute atomic E-state index is 0.134. The average Bonchev–Trinajstić information content (AvgIpc) is 2.79. The molecule has 0 aliphatic heterocycles. The van der Waals surface area contributed by atoms with Gasteiger partial charge in [0.05, 0.1) is 23.7 Å². The first-order chi connectivity index (χ1) is 14.7. The summed E-state index contributed by atoms with van der Waals surface area (Å²) in [5.41, 5.74) is 1.82. The predicted octanol–water partition coefficient (Wildman–Crippen LogP) is 4.66. The summed E-state index contributed by atoms with van der Waals surface area (Å²) in [7, 11) is -0.677. The summed E-state index contributed by atoms with van der Waals surface area (Å²) in [5, 5.41) is 3.40. The molecule has 6 nitrogen and oxygen atoms in total. The molecule has 0 radical (unpaired) electrons. The highest BCUT2D eigenvalue weighted by Crippen LogP contribution is 2.24. The minimum Gasteiger partial charge on any atom is -0.497 e. The molecule has 8 heteroatoms. The van der Waals surface area contributed by atoms with E-state index in [0.717, 1.165) is 15.6 Å². The summed E-state index contributed by atoms with van der Waals surface area (Å²) in [4.78, 5) is 12.7. The summed E-state index contributed by atoms with van der Waals surface area (Å²) in [6, 6.07) is 19.6. The topological polar surface area (TPSA) is 75.7 Å². The van der Waals surface area contributed by atoms with Crippen molar-refractivity contribution in [1.29, 1.82) is 0 Å². The van der Waals surface area contributed by atoms with E-state index >= 15 is 0 Å². The number of hydrogen-bond donors (Lipinski definition) is 1. The molecule has 1 N–H and O–H groups in total. The van der Waals surface area contributed by atoms with Crippen LogP contribution in [0.25, 0.3) is 0 Å². The Morgan fingerprint density at radius 2 is 1.55 bits per heavy atom. The molecule has 0 heterocycles. The van der Waals surface area contributed by atoms with Crippen LogP contribution in [-0.4, -0.2) is 28.5 Å². The van der Waals surface area contributed by atoms with Crippen molar-refractivity contribution >= 4 is 33.2 Å². The van der Waals surface area contributed by atoms with Crippen molar-refractivity contribution < 1.29 is 17.9 Å². The van der Waals surface area contributed by atoms with Gasteiger partial charge in [0, 0.05) is 17.6 Å². The zero-order chi connectivity index (χ0) is 22.6. The van der Waals surface area contributed by atoms with Crippen molar-refractivity contribution in [2.45, 2.75) is 17.9 Å². The SMILES string of the molecule is COc1ccc(C(C)NC(=O)c2ccc(N(C)S(=O)(=O)c3ccc(Cl)cc3)cc2)cc1. The molecule has 1 atom stereocenters. The van der Waals surface area contributed by atoms with E-state index in [1.54, 1.807) is 31.4 Å². The number of hydrogen-bond acceptors (Lipinski definition) is 4. The molecule has 3 aromatic carbocycles. The molecular weight excluding hydrogens is 436 g/mol.